The number of aryl methyl sites for hydroxylation is 2. The SMILES string of the molecule is CCCn1cc(NC2CCc3sc(Cl)cc32)ccc1=O. The molecule has 0 saturated heterocycles. The number of hydrogen-bond donors (Lipinski definition) is 1. The van der Waals surface area contributed by atoms with Gasteiger partial charge in [-0.3, -0.25) is 4.79 Å². The van der Waals surface area contributed by atoms with E-state index in [0.29, 0.717) is 6.04 Å². The molecular formula is C15H17ClN2OS. The molecule has 0 spiro atoms. The summed E-state index contributed by atoms with van der Waals surface area (Å²) in [5.74, 6) is 0. The van der Waals surface area contributed by atoms with Crippen molar-refractivity contribution in [2.45, 2.75) is 38.8 Å². The quantitative estimate of drug-likeness (QED) is 0.923. The molecule has 0 fully saturated rings. The molecule has 1 aliphatic carbocycles. The number of hydrogen-bond acceptors (Lipinski definition) is 3. The number of thiophene rings is 1. The maximum Gasteiger partial charge on any atom is 0.250 e. The molecule has 0 saturated carbocycles. The van der Waals surface area contributed by atoms with Crippen LogP contribution in [0, 0.1) is 0 Å². The fraction of sp³-hybridized carbons (Fsp3) is 0.400. The normalized spacial score (nSPS) is 17.2. The Balaban J connectivity index is 1.82. The molecule has 0 aromatic carbocycles. The van der Waals surface area contributed by atoms with Crippen LogP contribution < -0.4 is 10.9 Å². The van der Waals surface area contributed by atoms with Gasteiger partial charge in [0.25, 0.3) is 5.56 Å². The first kappa shape index (κ1) is 13.7. The lowest BCUT2D eigenvalue weighted by Gasteiger charge is -2.15. The molecule has 0 amide bonds. The van der Waals surface area contributed by atoms with Gasteiger partial charge in [-0.1, -0.05) is 18.5 Å². The van der Waals surface area contributed by atoms with Crippen LogP contribution in [0.3, 0.4) is 0 Å². The van der Waals surface area contributed by atoms with E-state index in [1.165, 1.54) is 10.4 Å². The summed E-state index contributed by atoms with van der Waals surface area (Å²) < 4.78 is 2.62. The van der Waals surface area contributed by atoms with Crippen LogP contribution in [0.4, 0.5) is 5.69 Å². The van der Waals surface area contributed by atoms with E-state index in [-0.39, 0.29) is 5.56 Å². The van der Waals surface area contributed by atoms with E-state index in [0.717, 1.165) is 35.8 Å². The zero-order valence-electron chi connectivity index (χ0n) is 11.4. The molecular weight excluding hydrogens is 292 g/mol. The van der Waals surface area contributed by atoms with Crippen LogP contribution in [0.5, 0.6) is 0 Å². The summed E-state index contributed by atoms with van der Waals surface area (Å²) in [6.07, 6.45) is 5.04. The van der Waals surface area contributed by atoms with Gasteiger partial charge in [0.15, 0.2) is 0 Å². The fourth-order valence-electron chi connectivity index (χ4n) is 2.71. The number of fused-ring (bicyclic) bond motifs is 1. The Hall–Kier alpha value is -1.26. The van der Waals surface area contributed by atoms with E-state index in [9.17, 15) is 4.79 Å². The summed E-state index contributed by atoms with van der Waals surface area (Å²) in [4.78, 5) is 13.1. The molecule has 1 atom stereocenters. The molecule has 2 aromatic rings. The van der Waals surface area contributed by atoms with E-state index in [1.54, 1.807) is 22.0 Å². The molecule has 1 aliphatic rings. The van der Waals surface area contributed by atoms with Crippen LogP contribution in [0.2, 0.25) is 4.34 Å². The third-order valence-corrected chi connectivity index (χ3v) is 4.98. The van der Waals surface area contributed by atoms with E-state index < -0.39 is 0 Å². The Morgan fingerprint density at radius 3 is 3.15 bits per heavy atom. The summed E-state index contributed by atoms with van der Waals surface area (Å²) in [5.41, 5.74) is 2.37. The molecule has 1 N–H and O–H groups in total. The van der Waals surface area contributed by atoms with Crippen molar-refractivity contribution in [1.82, 2.24) is 4.57 Å². The summed E-state index contributed by atoms with van der Waals surface area (Å²) in [6.45, 7) is 2.83. The third-order valence-electron chi connectivity index (χ3n) is 3.64. The molecule has 106 valence electrons. The highest BCUT2D eigenvalue weighted by molar-refractivity contribution is 7.16. The number of anilines is 1. The molecule has 0 bridgehead atoms. The highest BCUT2D eigenvalue weighted by Gasteiger charge is 2.24. The minimum absolute atomic E-state index is 0.0584. The summed E-state index contributed by atoms with van der Waals surface area (Å²) in [6, 6.07) is 5.87. The van der Waals surface area contributed by atoms with Gasteiger partial charge < -0.3 is 9.88 Å². The first-order valence-corrected chi connectivity index (χ1v) is 8.12. The van der Waals surface area contributed by atoms with Gasteiger partial charge in [0.05, 0.1) is 16.1 Å². The van der Waals surface area contributed by atoms with Gasteiger partial charge >= 0.3 is 0 Å². The van der Waals surface area contributed by atoms with Crippen LogP contribution in [0.25, 0.3) is 0 Å². The lowest BCUT2D eigenvalue weighted by atomic mass is 10.1. The average molecular weight is 309 g/mol. The number of pyridine rings is 1. The summed E-state index contributed by atoms with van der Waals surface area (Å²) >= 11 is 7.75. The van der Waals surface area contributed by atoms with Crippen molar-refractivity contribution in [3.05, 3.63) is 49.5 Å². The Bertz CT molecular complexity index is 677. The van der Waals surface area contributed by atoms with Crippen molar-refractivity contribution in [3.63, 3.8) is 0 Å². The molecule has 5 heteroatoms. The number of nitrogens with one attached hydrogen (secondary N) is 1. The number of halogens is 1. The zero-order chi connectivity index (χ0) is 14.1. The largest absolute Gasteiger partial charge is 0.377 e. The second-order valence-electron chi connectivity index (χ2n) is 5.11. The predicted molar refractivity (Wildman–Crippen MR) is 85.0 cm³/mol. The van der Waals surface area contributed by atoms with E-state index in [4.69, 9.17) is 11.6 Å². The van der Waals surface area contributed by atoms with Crippen molar-refractivity contribution < 1.29 is 0 Å². The first-order chi connectivity index (χ1) is 9.67. The van der Waals surface area contributed by atoms with Crippen LogP contribution in [0.1, 0.15) is 36.2 Å². The molecule has 0 aliphatic heterocycles. The minimum Gasteiger partial charge on any atom is -0.377 e. The van der Waals surface area contributed by atoms with Gasteiger partial charge in [0, 0.05) is 23.7 Å². The van der Waals surface area contributed by atoms with Gasteiger partial charge in [-0.25, -0.2) is 0 Å². The lowest BCUT2D eigenvalue weighted by molar-refractivity contribution is 0.653. The van der Waals surface area contributed by atoms with Crippen molar-refractivity contribution in [3.8, 4) is 0 Å². The molecule has 1 unspecified atom stereocenters. The molecule has 3 rings (SSSR count). The highest BCUT2D eigenvalue weighted by Crippen LogP contribution is 2.40. The van der Waals surface area contributed by atoms with Gasteiger partial charge in [0.2, 0.25) is 0 Å². The average Bonchev–Trinajstić information content (AvgIpc) is 2.94. The molecule has 2 aromatic heterocycles. The van der Waals surface area contributed by atoms with Crippen LogP contribution in [-0.2, 0) is 13.0 Å². The van der Waals surface area contributed by atoms with E-state index in [2.05, 4.69) is 18.3 Å². The van der Waals surface area contributed by atoms with Crippen LogP contribution in [-0.4, -0.2) is 4.57 Å². The van der Waals surface area contributed by atoms with Crippen molar-refractivity contribution >= 4 is 28.6 Å². The smallest absolute Gasteiger partial charge is 0.250 e. The van der Waals surface area contributed by atoms with Gasteiger partial charge in [-0.15, -0.1) is 11.3 Å². The second-order valence-corrected chi connectivity index (χ2v) is 6.88. The van der Waals surface area contributed by atoms with Crippen molar-refractivity contribution in [2.75, 3.05) is 5.32 Å². The maximum absolute atomic E-state index is 11.7. The third kappa shape index (κ3) is 2.63. The number of rotatable bonds is 4. The van der Waals surface area contributed by atoms with Crippen molar-refractivity contribution in [1.29, 1.82) is 0 Å². The Morgan fingerprint density at radius 2 is 2.35 bits per heavy atom. The highest BCUT2D eigenvalue weighted by atomic mass is 35.5. The maximum atomic E-state index is 11.7. The minimum atomic E-state index is 0.0584. The molecule has 0 radical (unpaired) electrons. The van der Waals surface area contributed by atoms with Gasteiger partial charge in [0.1, 0.15) is 0 Å². The van der Waals surface area contributed by atoms with E-state index in [1.807, 2.05) is 12.3 Å². The fourth-order valence-corrected chi connectivity index (χ4v) is 4.07. The second kappa shape index (κ2) is 5.62. The lowest BCUT2D eigenvalue weighted by Crippen LogP contribution is -2.19. The molecule has 20 heavy (non-hydrogen) atoms. The standard InChI is InChI=1S/C15H17ClN2OS/c1-2-7-18-9-10(3-6-15(18)19)17-12-4-5-13-11(12)8-14(16)20-13/h3,6,8-9,12,17H,2,4-5,7H2,1H3. The Morgan fingerprint density at radius 1 is 1.50 bits per heavy atom. The summed E-state index contributed by atoms with van der Waals surface area (Å²) in [5, 5.41) is 3.52. The number of aromatic nitrogens is 1. The van der Waals surface area contributed by atoms with Crippen LogP contribution in [0.15, 0.2) is 29.2 Å². The number of nitrogens with zero attached hydrogens (tertiary/aromatic N) is 1. The summed E-state index contributed by atoms with van der Waals surface area (Å²) in [7, 11) is 0. The van der Waals surface area contributed by atoms with Crippen LogP contribution >= 0.6 is 22.9 Å². The zero-order valence-corrected chi connectivity index (χ0v) is 12.9. The topological polar surface area (TPSA) is 34.0 Å². The first-order valence-electron chi connectivity index (χ1n) is 6.92. The van der Waals surface area contributed by atoms with Crippen molar-refractivity contribution in [2.24, 2.45) is 0 Å². The molecule has 3 nitrogen and oxygen atoms in total. The van der Waals surface area contributed by atoms with E-state index >= 15 is 0 Å². The van der Waals surface area contributed by atoms with Gasteiger partial charge in [-0.2, -0.15) is 0 Å². The Kier molecular flexibility index (Phi) is 3.85. The predicted octanol–water partition coefficient (Wildman–Crippen LogP) is 4.07. The van der Waals surface area contributed by atoms with Gasteiger partial charge in [-0.05, 0) is 37.0 Å². The monoisotopic (exact) mass is 308 g/mol. The Labute approximate surface area is 127 Å². The molecule has 2 heterocycles.